The van der Waals surface area contributed by atoms with Gasteiger partial charge in [-0.1, -0.05) is 115 Å². The quantitative estimate of drug-likeness (QED) is 0.0389. The number of hydrogen-bond acceptors (Lipinski definition) is 7. The third-order valence-corrected chi connectivity index (χ3v) is 7.99. The zero-order valence-electron chi connectivity index (χ0n) is 24.2. The van der Waals surface area contributed by atoms with Gasteiger partial charge in [0, 0.05) is 19.4 Å². The molecule has 10 heteroatoms. The Kier molecular flexibility index (Phi) is 21.7. The first-order valence-electron chi connectivity index (χ1n) is 15.3. The molecule has 1 saturated heterocycles. The third-order valence-electron chi connectivity index (χ3n) is 6.73. The van der Waals surface area contributed by atoms with E-state index in [9.17, 15) is 14.3 Å². The Hall–Kier alpha value is -0.540. The van der Waals surface area contributed by atoms with Crippen molar-refractivity contribution in [1.29, 1.82) is 0 Å². The van der Waals surface area contributed by atoms with Crippen LogP contribution >= 0.6 is 7.82 Å². The smallest absolute Gasteiger partial charge is 0.463 e. The highest BCUT2D eigenvalue weighted by atomic mass is 31.2. The highest BCUT2D eigenvalue weighted by Crippen LogP contribution is 2.52. The maximum absolute atomic E-state index is 12.6. The van der Waals surface area contributed by atoms with E-state index in [4.69, 9.17) is 24.6 Å². The van der Waals surface area contributed by atoms with Crippen molar-refractivity contribution in [2.24, 2.45) is 5.73 Å². The molecule has 0 spiro atoms. The largest absolute Gasteiger partial charge is 0.674 e. The molecule has 38 heavy (non-hydrogen) atoms. The van der Waals surface area contributed by atoms with Crippen LogP contribution in [0.25, 0.3) is 0 Å². The molecule has 0 aromatic rings. The van der Waals surface area contributed by atoms with Gasteiger partial charge in [0.15, 0.2) is 6.10 Å². The van der Waals surface area contributed by atoms with Crippen molar-refractivity contribution in [1.82, 2.24) is 0 Å². The van der Waals surface area contributed by atoms with Crippen molar-refractivity contribution in [3.05, 3.63) is 0 Å². The number of hydrogen-bond donors (Lipinski definition) is 2. The van der Waals surface area contributed by atoms with Gasteiger partial charge in [0.05, 0.1) is 6.61 Å². The Balaban J connectivity index is 2.29. The molecule has 1 aliphatic heterocycles. The van der Waals surface area contributed by atoms with Crippen LogP contribution in [0.1, 0.15) is 136 Å². The minimum absolute atomic E-state index is 0.00677. The van der Waals surface area contributed by atoms with Crippen molar-refractivity contribution < 1.29 is 37.4 Å². The SMILES string of the molecule is CCCCCCCCCCCCCCC(=O)OC[C@@H]1C[O+](P(=O)(O)OCCN)OC(CCCCCCC)O1. The summed E-state index contributed by atoms with van der Waals surface area (Å²) in [6.45, 7) is 4.31. The molecule has 1 fully saturated rings. The van der Waals surface area contributed by atoms with Gasteiger partial charge in [-0.2, -0.15) is 8.87 Å². The first-order chi connectivity index (χ1) is 18.4. The van der Waals surface area contributed by atoms with E-state index in [1.807, 2.05) is 4.30 Å². The van der Waals surface area contributed by atoms with Gasteiger partial charge in [-0.05, 0) is 12.8 Å². The molecule has 0 bridgehead atoms. The number of rotatable bonds is 25. The van der Waals surface area contributed by atoms with Crippen LogP contribution in [-0.4, -0.2) is 49.6 Å². The lowest BCUT2D eigenvalue weighted by Crippen LogP contribution is -2.43. The van der Waals surface area contributed by atoms with Gasteiger partial charge in [-0.25, -0.2) is 4.52 Å². The normalized spacial score (nSPS) is 19.9. The molecule has 3 N–H and O–H groups in total. The Morgan fingerprint density at radius 1 is 0.895 bits per heavy atom. The number of carbonyl (C=O) groups excluding carboxylic acids is 1. The average Bonchev–Trinajstić information content (AvgIpc) is 2.91. The van der Waals surface area contributed by atoms with Crippen LogP contribution < -0.4 is 5.73 Å². The number of esters is 1. The third kappa shape index (κ3) is 17.9. The van der Waals surface area contributed by atoms with Gasteiger partial charge < -0.3 is 15.2 Å². The van der Waals surface area contributed by atoms with Gasteiger partial charge in [0.1, 0.15) is 6.61 Å². The van der Waals surface area contributed by atoms with Gasteiger partial charge in [-0.15, -0.1) is 0 Å². The zero-order chi connectivity index (χ0) is 27.9. The van der Waals surface area contributed by atoms with Crippen LogP contribution in [0.5, 0.6) is 0 Å². The van der Waals surface area contributed by atoms with Crippen molar-refractivity contribution in [2.75, 3.05) is 26.4 Å². The van der Waals surface area contributed by atoms with E-state index in [2.05, 4.69) is 13.8 Å². The van der Waals surface area contributed by atoms with Gasteiger partial charge in [0.25, 0.3) is 0 Å². The first-order valence-corrected chi connectivity index (χ1v) is 16.8. The Morgan fingerprint density at radius 2 is 1.42 bits per heavy atom. The minimum Gasteiger partial charge on any atom is -0.463 e. The lowest BCUT2D eigenvalue weighted by atomic mass is 10.0. The summed E-state index contributed by atoms with van der Waals surface area (Å²) >= 11 is 0. The highest BCUT2D eigenvalue weighted by molar-refractivity contribution is 7.47. The van der Waals surface area contributed by atoms with Crippen molar-refractivity contribution >= 4 is 13.8 Å². The van der Waals surface area contributed by atoms with Crippen LogP contribution in [-0.2, 0) is 32.5 Å². The maximum Gasteiger partial charge on any atom is 0.674 e. The lowest BCUT2D eigenvalue weighted by molar-refractivity contribution is -0.492. The van der Waals surface area contributed by atoms with Crippen molar-refractivity contribution in [3.8, 4) is 0 Å². The molecule has 2 unspecified atom stereocenters. The summed E-state index contributed by atoms with van der Waals surface area (Å²) < 4.78 is 30.9. The van der Waals surface area contributed by atoms with E-state index in [0.717, 1.165) is 44.9 Å². The molecule has 0 aliphatic carbocycles. The van der Waals surface area contributed by atoms with Gasteiger partial charge in [-0.3, -0.25) is 9.69 Å². The first kappa shape index (κ1) is 35.5. The van der Waals surface area contributed by atoms with E-state index in [1.165, 1.54) is 64.2 Å². The van der Waals surface area contributed by atoms with Crippen molar-refractivity contribution in [3.63, 3.8) is 0 Å². The minimum atomic E-state index is -4.27. The van der Waals surface area contributed by atoms with Crippen molar-refractivity contribution in [2.45, 2.75) is 148 Å². The standard InChI is InChI=1S/C28H56NO8P/c1-3-5-7-9-10-11-12-13-14-15-17-18-20-27(30)33-24-26-25-37(38(31,32)34-23-22-29)36-28(35-26)21-19-16-8-6-4-2/h26,28H,3-25,29H2,1-2H3/p+1/t26-,28?/m1/s1. The molecule has 1 rings (SSSR count). The Bertz CT molecular complexity index is 624. The monoisotopic (exact) mass is 566 g/mol. The van der Waals surface area contributed by atoms with Crippen LogP contribution in [0.15, 0.2) is 0 Å². The topological polar surface area (TPSA) is 120 Å². The van der Waals surface area contributed by atoms with E-state index in [-0.39, 0.29) is 32.3 Å². The Morgan fingerprint density at radius 3 is 1.97 bits per heavy atom. The van der Waals surface area contributed by atoms with Crippen LogP contribution in [0.4, 0.5) is 0 Å². The number of unbranched alkanes of at least 4 members (excludes halogenated alkanes) is 15. The van der Waals surface area contributed by atoms with E-state index in [0.29, 0.717) is 12.8 Å². The van der Waals surface area contributed by atoms with Gasteiger partial charge in [0.2, 0.25) is 12.9 Å². The van der Waals surface area contributed by atoms with Crippen LogP contribution in [0.2, 0.25) is 0 Å². The molecule has 1 aliphatic rings. The van der Waals surface area contributed by atoms with E-state index >= 15 is 0 Å². The molecule has 3 atom stereocenters. The average molecular weight is 567 g/mol. The second-order valence-corrected chi connectivity index (χ2v) is 12.0. The lowest BCUT2D eigenvalue weighted by Gasteiger charge is -2.31. The highest BCUT2D eigenvalue weighted by Gasteiger charge is 2.49. The molecule has 0 aromatic heterocycles. The predicted molar refractivity (Wildman–Crippen MR) is 151 cm³/mol. The summed E-state index contributed by atoms with van der Waals surface area (Å²) in [6.07, 6.45) is 19.8. The van der Waals surface area contributed by atoms with E-state index in [1.54, 1.807) is 0 Å². The van der Waals surface area contributed by atoms with Gasteiger partial charge >= 0.3 is 13.8 Å². The second-order valence-electron chi connectivity index (χ2n) is 10.4. The maximum atomic E-state index is 12.6. The molecule has 0 amide bonds. The molecule has 0 radical (unpaired) electrons. The predicted octanol–water partition coefficient (Wildman–Crippen LogP) is 7.27. The summed E-state index contributed by atoms with van der Waals surface area (Å²) in [5.74, 6) is -0.272. The molecular weight excluding hydrogens is 509 g/mol. The fraction of sp³-hybridized carbons (Fsp3) is 0.964. The Labute approximate surface area is 231 Å². The van der Waals surface area contributed by atoms with E-state index < -0.39 is 20.2 Å². The second kappa shape index (κ2) is 23.2. The number of nitrogens with two attached hydrogens (primary N) is 1. The number of ether oxygens (including phenoxy) is 2. The summed E-state index contributed by atoms with van der Waals surface area (Å²) in [4.78, 5) is 28.1. The molecule has 226 valence electrons. The summed E-state index contributed by atoms with van der Waals surface area (Å²) in [5, 5.41) is 0. The molecular formula is C28H57NO8P+. The summed E-state index contributed by atoms with van der Waals surface area (Å²) in [6, 6.07) is 0. The van der Waals surface area contributed by atoms with Crippen LogP contribution in [0.3, 0.4) is 0 Å². The molecule has 0 saturated carbocycles. The number of carbonyl (C=O) groups is 1. The molecule has 9 nitrogen and oxygen atoms in total. The van der Waals surface area contributed by atoms with Crippen LogP contribution in [0, 0.1) is 0 Å². The fourth-order valence-electron chi connectivity index (χ4n) is 4.46. The summed E-state index contributed by atoms with van der Waals surface area (Å²) in [5.41, 5.74) is 5.40. The molecule has 0 aromatic carbocycles. The fourth-order valence-corrected chi connectivity index (χ4v) is 5.47. The molecule has 1 heterocycles. The summed E-state index contributed by atoms with van der Waals surface area (Å²) in [7, 11) is -4.27. The zero-order valence-corrected chi connectivity index (χ0v) is 25.1.